The van der Waals surface area contributed by atoms with Crippen molar-refractivity contribution in [3.05, 3.63) is 42.2 Å². The lowest BCUT2D eigenvalue weighted by atomic mass is 9.93. The van der Waals surface area contributed by atoms with Crippen LogP contribution in [0.15, 0.2) is 35.7 Å². The van der Waals surface area contributed by atoms with Crippen molar-refractivity contribution in [2.75, 3.05) is 24.4 Å². The zero-order chi connectivity index (χ0) is 27.1. The fourth-order valence-corrected chi connectivity index (χ4v) is 7.26. The van der Waals surface area contributed by atoms with Gasteiger partial charge in [0.1, 0.15) is 23.6 Å². The number of nitrogens with two attached hydrogens (primary N) is 1. The molecule has 4 heterocycles. The van der Waals surface area contributed by atoms with Gasteiger partial charge < -0.3 is 15.8 Å². The van der Waals surface area contributed by atoms with Crippen LogP contribution < -0.4 is 15.8 Å². The lowest BCUT2D eigenvalue weighted by Gasteiger charge is -2.40. The third kappa shape index (κ3) is 4.28. The molecule has 38 heavy (non-hydrogen) atoms. The molecule has 1 saturated carbocycles. The molecule has 0 amide bonds. The van der Waals surface area contributed by atoms with Gasteiger partial charge in [-0.1, -0.05) is 5.92 Å². The predicted molar refractivity (Wildman–Crippen MR) is 138 cm³/mol. The van der Waals surface area contributed by atoms with Gasteiger partial charge in [0.15, 0.2) is 27.0 Å². The number of ether oxygens (including phenoxy) is 1. The van der Waals surface area contributed by atoms with Crippen molar-refractivity contribution >= 4 is 38.2 Å². The molecule has 0 unspecified atom stereocenters. The maximum atomic E-state index is 15.0. The highest BCUT2D eigenvalue weighted by Gasteiger charge is 2.62. The van der Waals surface area contributed by atoms with Crippen molar-refractivity contribution in [1.29, 1.82) is 0 Å². The van der Waals surface area contributed by atoms with Crippen LogP contribution in [0.4, 0.5) is 20.3 Å². The van der Waals surface area contributed by atoms with Crippen LogP contribution in [0.2, 0.25) is 0 Å². The van der Waals surface area contributed by atoms with Crippen LogP contribution in [0, 0.1) is 23.7 Å². The van der Waals surface area contributed by atoms with Crippen LogP contribution in [0.1, 0.15) is 32.3 Å². The number of amidine groups is 1. The molecule has 10 nitrogen and oxygen atoms in total. The lowest BCUT2D eigenvalue weighted by molar-refractivity contribution is 0.355. The van der Waals surface area contributed by atoms with E-state index in [0.29, 0.717) is 41.3 Å². The maximum Gasteiger partial charge on any atom is 0.233 e. The van der Waals surface area contributed by atoms with E-state index in [4.69, 9.17) is 10.5 Å². The molecule has 0 spiro atoms. The van der Waals surface area contributed by atoms with E-state index in [-0.39, 0.29) is 18.0 Å². The summed E-state index contributed by atoms with van der Waals surface area (Å²) in [6.07, 6.45) is 5.28. The average Bonchev–Trinajstić information content (AvgIpc) is 3.71. The monoisotopic (exact) mass is 541 g/mol. The van der Waals surface area contributed by atoms with Crippen LogP contribution >= 0.6 is 0 Å². The number of anilines is 2. The minimum absolute atomic E-state index is 0.101. The molecule has 0 radical (unpaired) electrons. The summed E-state index contributed by atoms with van der Waals surface area (Å²) in [6.45, 7) is 2.16. The van der Waals surface area contributed by atoms with Crippen LogP contribution in [0.25, 0.3) is 11.0 Å². The van der Waals surface area contributed by atoms with Gasteiger partial charge in [0.2, 0.25) is 11.8 Å². The van der Waals surface area contributed by atoms with Crippen molar-refractivity contribution in [1.82, 2.24) is 19.9 Å². The summed E-state index contributed by atoms with van der Waals surface area (Å²) in [5.41, 5.74) is 5.61. The molecule has 198 valence electrons. The number of aromatic nitrogens is 4. The third-order valence-corrected chi connectivity index (χ3v) is 9.55. The molecular weight excluding hydrogens is 516 g/mol. The molecule has 1 aliphatic heterocycles. The maximum absolute atomic E-state index is 15.0. The quantitative estimate of drug-likeness (QED) is 0.341. The molecule has 0 bridgehead atoms. The molecule has 0 saturated heterocycles. The number of halogens is 2. The zero-order valence-electron chi connectivity index (χ0n) is 20.7. The first-order chi connectivity index (χ1) is 18.1. The van der Waals surface area contributed by atoms with Gasteiger partial charge in [0, 0.05) is 11.8 Å². The minimum atomic E-state index is -4.10. The summed E-state index contributed by atoms with van der Waals surface area (Å²) >= 11 is 0. The number of pyridine rings is 2. The third-order valence-electron chi connectivity index (χ3n) is 6.85. The molecule has 1 aliphatic carbocycles. The van der Waals surface area contributed by atoms with Gasteiger partial charge in [0.25, 0.3) is 0 Å². The van der Waals surface area contributed by atoms with Gasteiger partial charge >= 0.3 is 0 Å². The number of aliphatic imine (C=N–C) groups is 1. The highest BCUT2D eigenvalue weighted by atomic mass is 32.2. The van der Waals surface area contributed by atoms with Crippen LogP contribution in [0.5, 0.6) is 5.88 Å². The Kier molecular flexibility index (Phi) is 6.38. The van der Waals surface area contributed by atoms with Crippen LogP contribution in [0.3, 0.4) is 0 Å². The van der Waals surface area contributed by atoms with Crippen molar-refractivity contribution in [3.63, 3.8) is 0 Å². The lowest BCUT2D eigenvalue weighted by Crippen LogP contribution is -2.61. The molecule has 3 N–H and O–H groups in total. The summed E-state index contributed by atoms with van der Waals surface area (Å²) in [6, 6.07) is 3.05. The van der Waals surface area contributed by atoms with Crippen molar-refractivity contribution in [2.24, 2.45) is 16.6 Å². The molecule has 2 atom stereocenters. The van der Waals surface area contributed by atoms with Crippen molar-refractivity contribution in [3.8, 4) is 17.7 Å². The second-order valence-corrected chi connectivity index (χ2v) is 11.7. The fraction of sp³-hybridized carbons (Fsp3) is 0.400. The number of rotatable bonds is 7. The van der Waals surface area contributed by atoms with Crippen molar-refractivity contribution in [2.45, 2.75) is 37.0 Å². The van der Waals surface area contributed by atoms with Gasteiger partial charge in [-0.2, -0.15) is 4.39 Å². The SMILES string of the molecule is CC#CCOc1cnc2c(Nc3cnc(F)c([C@]4(C)CS(=O)(=O)[C@@](CF)(C5CC5)C(N)=N4)c3)nccc2n1. The van der Waals surface area contributed by atoms with E-state index in [1.54, 1.807) is 13.0 Å². The second-order valence-electron chi connectivity index (χ2n) is 9.47. The van der Waals surface area contributed by atoms with E-state index < -0.39 is 44.4 Å². The summed E-state index contributed by atoms with van der Waals surface area (Å²) < 4.78 is 59.5. The van der Waals surface area contributed by atoms with Gasteiger partial charge in [0.05, 0.1) is 29.4 Å². The number of fused-ring (bicyclic) bond motifs is 1. The second kappa shape index (κ2) is 9.43. The Labute approximate surface area is 218 Å². The summed E-state index contributed by atoms with van der Waals surface area (Å²) in [5, 5.41) is 3.04. The van der Waals surface area contributed by atoms with E-state index in [9.17, 15) is 12.8 Å². The van der Waals surface area contributed by atoms with Gasteiger partial charge in [-0.3, -0.25) is 4.99 Å². The molecule has 3 aromatic heterocycles. The summed E-state index contributed by atoms with van der Waals surface area (Å²) in [4.78, 5) is 21.2. The van der Waals surface area contributed by atoms with E-state index >= 15 is 4.39 Å². The van der Waals surface area contributed by atoms with Gasteiger partial charge in [-0.05, 0) is 44.7 Å². The van der Waals surface area contributed by atoms with E-state index in [0.717, 1.165) is 0 Å². The van der Waals surface area contributed by atoms with Crippen molar-refractivity contribution < 1.29 is 21.9 Å². The van der Waals surface area contributed by atoms with Gasteiger partial charge in [-0.25, -0.2) is 32.7 Å². The predicted octanol–water partition coefficient (Wildman–Crippen LogP) is 2.82. The van der Waals surface area contributed by atoms with E-state index in [2.05, 4.69) is 42.1 Å². The van der Waals surface area contributed by atoms with E-state index in [1.165, 1.54) is 31.6 Å². The molecular formula is C25H25F2N7O3S. The number of nitrogens with one attached hydrogen (secondary N) is 1. The van der Waals surface area contributed by atoms with Crippen LogP contribution in [-0.2, 0) is 15.4 Å². The Hall–Kier alpha value is -3.92. The first-order valence-corrected chi connectivity index (χ1v) is 13.5. The zero-order valence-corrected chi connectivity index (χ0v) is 21.5. The summed E-state index contributed by atoms with van der Waals surface area (Å²) in [7, 11) is -4.10. The number of hydrogen-bond acceptors (Lipinski definition) is 10. The number of hydrogen-bond donors (Lipinski definition) is 2. The molecule has 3 aromatic rings. The smallest absolute Gasteiger partial charge is 0.233 e. The van der Waals surface area contributed by atoms with Gasteiger partial charge in [-0.15, -0.1) is 5.92 Å². The average molecular weight is 542 g/mol. The highest BCUT2D eigenvalue weighted by Crippen LogP contribution is 2.49. The molecule has 2 aliphatic rings. The Morgan fingerprint density at radius 2 is 2.05 bits per heavy atom. The largest absolute Gasteiger partial charge is 0.463 e. The molecule has 1 fully saturated rings. The Balaban J connectivity index is 1.49. The minimum Gasteiger partial charge on any atom is -0.463 e. The number of sulfone groups is 1. The number of nitrogens with zero attached hydrogens (tertiary/aromatic N) is 5. The van der Waals surface area contributed by atoms with E-state index in [1.807, 2.05) is 0 Å². The highest BCUT2D eigenvalue weighted by molar-refractivity contribution is 7.93. The number of alkyl halides is 1. The molecule has 13 heteroatoms. The standard InChI is InChI=1S/C25H25F2N7O3S/c1-3-4-9-37-19-12-30-20-18(33-19)7-8-29-22(20)32-16-10-17(21(27)31-11-16)24(2)14-38(35,36)25(13-26,15-5-6-15)23(28)34-24/h7-8,10-12,15H,5-6,9,13-14H2,1-2H3,(H2,28,34)(H,29,32)/t24-,25-/m0/s1. The Morgan fingerprint density at radius 1 is 1.26 bits per heavy atom. The first-order valence-electron chi connectivity index (χ1n) is 11.8. The fourth-order valence-electron chi connectivity index (χ4n) is 4.76. The Morgan fingerprint density at radius 3 is 2.74 bits per heavy atom. The Bertz CT molecular complexity index is 1620. The molecule has 0 aromatic carbocycles. The molecule has 5 rings (SSSR count). The normalized spacial score (nSPS) is 24.3. The topological polar surface area (TPSA) is 145 Å². The van der Waals surface area contributed by atoms with Crippen LogP contribution in [-0.4, -0.2) is 58.0 Å². The summed E-state index contributed by atoms with van der Waals surface area (Å²) in [5.74, 6) is 3.83. The first kappa shape index (κ1) is 25.7.